The van der Waals surface area contributed by atoms with Crippen LogP contribution in [0.2, 0.25) is 5.02 Å². The molecule has 0 heterocycles. The molecular formula is C13H11ClN2O3. The zero-order valence-corrected chi connectivity index (χ0v) is 10.6. The van der Waals surface area contributed by atoms with Gasteiger partial charge in [0, 0.05) is 6.54 Å². The summed E-state index contributed by atoms with van der Waals surface area (Å²) in [6.45, 7) is 0.428. The normalized spacial score (nSPS) is 10.2. The molecule has 0 aliphatic rings. The average Bonchev–Trinajstić information content (AvgIpc) is 2.39. The lowest BCUT2D eigenvalue weighted by molar-refractivity contribution is -0.385. The summed E-state index contributed by atoms with van der Waals surface area (Å²) in [7, 11) is 0. The lowest BCUT2D eigenvalue weighted by atomic mass is 10.2. The van der Waals surface area contributed by atoms with Crippen LogP contribution < -0.4 is 10.5 Å². The Morgan fingerprint density at radius 2 is 1.89 bits per heavy atom. The molecule has 0 atom stereocenters. The number of hydrogen-bond acceptors (Lipinski definition) is 4. The number of rotatable bonds is 4. The van der Waals surface area contributed by atoms with Gasteiger partial charge in [-0.1, -0.05) is 29.8 Å². The van der Waals surface area contributed by atoms with E-state index in [9.17, 15) is 10.1 Å². The van der Waals surface area contributed by atoms with E-state index in [0.29, 0.717) is 12.3 Å². The average molecular weight is 279 g/mol. The fourth-order valence-corrected chi connectivity index (χ4v) is 1.81. The van der Waals surface area contributed by atoms with Crippen molar-refractivity contribution in [1.82, 2.24) is 0 Å². The summed E-state index contributed by atoms with van der Waals surface area (Å²) in [6.07, 6.45) is 0. The second kappa shape index (κ2) is 5.69. The van der Waals surface area contributed by atoms with Crippen molar-refractivity contribution in [3.05, 3.63) is 63.2 Å². The Kier molecular flexibility index (Phi) is 3.99. The van der Waals surface area contributed by atoms with Gasteiger partial charge in [-0.25, -0.2) is 0 Å². The predicted octanol–water partition coefficient (Wildman–Crippen LogP) is 3.50. The Balaban J connectivity index is 2.32. The van der Waals surface area contributed by atoms with Crippen molar-refractivity contribution in [3.8, 4) is 11.5 Å². The Labute approximate surface area is 114 Å². The van der Waals surface area contributed by atoms with Crippen molar-refractivity contribution in [2.24, 2.45) is 5.73 Å². The van der Waals surface area contributed by atoms with Gasteiger partial charge in [-0.2, -0.15) is 0 Å². The summed E-state index contributed by atoms with van der Waals surface area (Å²) in [5.74, 6) is 0.598. The Hall–Kier alpha value is -2.11. The largest absolute Gasteiger partial charge is 0.450 e. The van der Waals surface area contributed by atoms with Crippen LogP contribution in [0.15, 0.2) is 42.5 Å². The minimum atomic E-state index is -0.564. The highest BCUT2D eigenvalue weighted by molar-refractivity contribution is 6.32. The molecule has 2 N–H and O–H groups in total. The maximum atomic E-state index is 11.0. The first kappa shape index (κ1) is 13.3. The van der Waals surface area contributed by atoms with Gasteiger partial charge < -0.3 is 10.5 Å². The van der Waals surface area contributed by atoms with E-state index in [1.807, 2.05) is 0 Å². The fraction of sp³-hybridized carbons (Fsp3) is 0.0769. The van der Waals surface area contributed by atoms with Gasteiger partial charge in [-0.15, -0.1) is 0 Å². The molecule has 0 unspecified atom stereocenters. The van der Waals surface area contributed by atoms with Crippen molar-refractivity contribution in [1.29, 1.82) is 0 Å². The van der Waals surface area contributed by atoms with E-state index in [1.165, 1.54) is 12.1 Å². The summed E-state index contributed by atoms with van der Waals surface area (Å²) in [4.78, 5) is 10.4. The second-order valence-corrected chi connectivity index (χ2v) is 4.20. The monoisotopic (exact) mass is 278 g/mol. The van der Waals surface area contributed by atoms with Gasteiger partial charge in [-0.05, 0) is 29.8 Å². The number of hydrogen-bond donors (Lipinski definition) is 1. The summed E-state index contributed by atoms with van der Waals surface area (Å²) >= 11 is 5.80. The van der Waals surface area contributed by atoms with E-state index in [1.54, 1.807) is 30.3 Å². The third kappa shape index (κ3) is 3.01. The van der Waals surface area contributed by atoms with Crippen LogP contribution in [0.1, 0.15) is 5.56 Å². The molecule has 0 amide bonds. The van der Waals surface area contributed by atoms with Gasteiger partial charge in [0.2, 0.25) is 5.75 Å². The number of nitrogens with zero attached hydrogens (tertiary/aromatic N) is 1. The molecule has 0 aliphatic carbocycles. The predicted molar refractivity (Wildman–Crippen MR) is 72.5 cm³/mol. The molecule has 2 rings (SSSR count). The van der Waals surface area contributed by atoms with Gasteiger partial charge in [-0.3, -0.25) is 10.1 Å². The van der Waals surface area contributed by atoms with E-state index < -0.39 is 4.92 Å². The lowest BCUT2D eigenvalue weighted by Crippen LogP contribution is -1.96. The molecule has 0 bridgehead atoms. The number of nitro benzene ring substituents is 1. The molecule has 2 aromatic rings. The minimum Gasteiger partial charge on any atom is -0.450 e. The van der Waals surface area contributed by atoms with Gasteiger partial charge in [0.25, 0.3) is 0 Å². The zero-order valence-electron chi connectivity index (χ0n) is 9.88. The number of para-hydroxylation sites is 1. The Morgan fingerprint density at radius 3 is 2.47 bits per heavy atom. The maximum absolute atomic E-state index is 11.0. The summed E-state index contributed by atoms with van der Waals surface area (Å²) < 4.78 is 5.48. The van der Waals surface area contributed by atoms with E-state index in [2.05, 4.69) is 0 Å². The highest BCUT2D eigenvalue weighted by Crippen LogP contribution is 2.36. The van der Waals surface area contributed by atoms with Crippen LogP contribution in [0.25, 0.3) is 0 Å². The van der Waals surface area contributed by atoms with E-state index >= 15 is 0 Å². The van der Waals surface area contributed by atoms with Crippen LogP contribution in [0, 0.1) is 10.1 Å². The van der Waals surface area contributed by atoms with E-state index in [0.717, 1.165) is 5.56 Å². The van der Waals surface area contributed by atoms with Crippen LogP contribution in [0.4, 0.5) is 5.69 Å². The number of benzene rings is 2. The zero-order chi connectivity index (χ0) is 13.8. The van der Waals surface area contributed by atoms with Crippen molar-refractivity contribution in [2.75, 3.05) is 0 Å². The summed E-state index contributed by atoms with van der Waals surface area (Å²) in [5, 5.41) is 11.0. The number of nitrogens with two attached hydrogens (primary N) is 1. The molecule has 0 aliphatic heterocycles. The molecule has 19 heavy (non-hydrogen) atoms. The van der Waals surface area contributed by atoms with Crippen molar-refractivity contribution in [2.45, 2.75) is 6.54 Å². The molecule has 0 saturated heterocycles. The van der Waals surface area contributed by atoms with Crippen molar-refractivity contribution < 1.29 is 9.66 Å². The first-order chi connectivity index (χ1) is 9.11. The maximum Gasteiger partial charge on any atom is 0.329 e. The van der Waals surface area contributed by atoms with Gasteiger partial charge in [0.1, 0.15) is 10.8 Å². The molecule has 6 heteroatoms. The SMILES string of the molecule is NCc1ccc(Oc2cccc(Cl)c2[N+](=O)[O-])cc1. The number of halogens is 1. The van der Waals surface area contributed by atoms with Crippen molar-refractivity contribution in [3.63, 3.8) is 0 Å². The van der Waals surface area contributed by atoms with Crippen LogP contribution >= 0.6 is 11.6 Å². The molecule has 0 saturated carbocycles. The quantitative estimate of drug-likeness (QED) is 0.686. The minimum absolute atomic E-state index is 0.0427. The molecule has 2 aromatic carbocycles. The third-order valence-electron chi connectivity index (χ3n) is 2.52. The summed E-state index contributed by atoms with van der Waals surface area (Å²) in [5.41, 5.74) is 6.20. The standard InChI is InChI=1S/C13H11ClN2O3/c14-11-2-1-3-12(13(11)16(17)18)19-10-6-4-9(8-15)5-7-10/h1-7H,8,15H2. The molecule has 5 nitrogen and oxygen atoms in total. The topological polar surface area (TPSA) is 78.4 Å². The smallest absolute Gasteiger partial charge is 0.329 e. The highest BCUT2D eigenvalue weighted by Gasteiger charge is 2.20. The van der Waals surface area contributed by atoms with Crippen molar-refractivity contribution >= 4 is 17.3 Å². The Morgan fingerprint density at radius 1 is 1.21 bits per heavy atom. The van der Waals surface area contributed by atoms with Crippen LogP contribution in [-0.2, 0) is 6.54 Å². The first-order valence-electron chi connectivity index (χ1n) is 5.51. The van der Waals surface area contributed by atoms with Crippen LogP contribution in [0.5, 0.6) is 11.5 Å². The third-order valence-corrected chi connectivity index (χ3v) is 2.82. The van der Waals surface area contributed by atoms with Gasteiger partial charge in [0.15, 0.2) is 0 Å². The Bertz CT molecular complexity index is 599. The number of nitro groups is 1. The van der Waals surface area contributed by atoms with E-state index in [4.69, 9.17) is 22.1 Å². The molecule has 0 spiro atoms. The molecule has 98 valence electrons. The van der Waals surface area contributed by atoms with E-state index in [-0.39, 0.29) is 16.5 Å². The molecule has 0 fully saturated rings. The lowest BCUT2D eigenvalue weighted by Gasteiger charge is -2.07. The fourth-order valence-electron chi connectivity index (χ4n) is 1.58. The molecule has 0 aromatic heterocycles. The summed E-state index contributed by atoms with van der Waals surface area (Å²) in [6, 6.07) is 11.5. The van der Waals surface area contributed by atoms with Gasteiger partial charge in [0.05, 0.1) is 4.92 Å². The van der Waals surface area contributed by atoms with Crippen LogP contribution in [0.3, 0.4) is 0 Å². The number of ether oxygens (including phenoxy) is 1. The first-order valence-corrected chi connectivity index (χ1v) is 5.89. The molecular weight excluding hydrogens is 268 g/mol. The van der Waals surface area contributed by atoms with Crippen LogP contribution in [-0.4, -0.2) is 4.92 Å². The molecule has 0 radical (unpaired) electrons. The highest BCUT2D eigenvalue weighted by atomic mass is 35.5. The van der Waals surface area contributed by atoms with Gasteiger partial charge >= 0.3 is 5.69 Å². The second-order valence-electron chi connectivity index (χ2n) is 3.79.